The number of rotatable bonds is 2. The van der Waals surface area contributed by atoms with Gasteiger partial charge < -0.3 is 9.84 Å². The molecular formula is C11H9NO4. The van der Waals surface area contributed by atoms with Gasteiger partial charge in [0.25, 0.3) is 11.8 Å². The van der Waals surface area contributed by atoms with Crippen LogP contribution in [-0.4, -0.2) is 40.8 Å². The van der Waals surface area contributed by atoms with Crippen LogP contribution in [0.25, 0.3) is 0 Å². The van der Waals surface area contributed by atoms with Gasteiger partial charge in [-0.15, -0.1) is 0 Å². The molecule has 0 radical (unpaired) electrons. The van der Waals surface area contributed by atoms with Gasteiger partial charge in [-0.3, -0.25) is 9.59 Å². The number of carbonyl (C=O) groups is 2. The number of aliphatic hydroxyl groups is 1. The first kappa shape index (κ1) is 9.50. The van der Waals surface area contributed by atoms with E-state index < -0.39 is 24.1 Å². The van der Waals surface area contributed by atoms with Crippen LogP contribution in [0, 0.1) is 0 Å². The topological polar surface area (TPSA) is 70.1 Å². The smallest absolute Gasteiger partial charge is 0.263 e. The third-order valence-corrected chi connectivity index (χ3v) is 2.78. The lowest BCUT2D eigenvalue weighted by Gasteiger charge is -2.18. The van der Waals surface area contributed by atoms with Crippen LogP contribution < -0.4 is 0 Å². The van der Waals surface area contributed by atoms with Crippen molar-refractivity contribution in [3.63, 3.8) is 0 Å². The molecule has 0 unspecified atom stereocenters. The summed E-state index contributed by atoms with van der Waals surface area (Å²) in [6, 6.07) is 6.53. The first-order valence-electron chi connectivity index (χ1n) is 4.97. The van der Waals surface area contributed by atoms with Crippen molar-refractivity contribution in [2.24, 2.45) is 0 Å². The number of amides is 2. The van der Waals surface area contributed by atoms with E-state index in [9.17, 15) is 14.7 Å². The third kappa shape index (κ3) is 1.19. The molecule has 2 amide bonds. The number of aliphatic hydroxyl groups excluding tert-OH is 1. The van der Waals surface area contributed by atoms with Crippen molar-refractivity contribution < 1.29 is 19.4 Å². The zero-order valence-electron chi connectivity index (χ0n) is 8.29. The van der Waals surface area contributed by atoms with Gasteiger partial charge in [0.05, 0.1) is 17.7 Å². The standard InChI is InChI=1S/C11H9NO4/c13-9-6-3-1-2-4-7(6)10(14)12(9)11(15)8-5-16-8/h1-4,8,11,15H,5H2/t8-,11-/m1/s1. The van der Waals surface area contributed by atoms with Crippen molar-refractivity contribution in [3.8, 4) is 0 Å². The molecular weight excluding hydrogens is 210 g/mol. The van der Waals surface area contributed by atoms with Crippen molar-refractivity contribution >= 4 is 11.8 Å². The predicted molar refractivity (Wildman–Crippen MR) is 52.7 cm³/mol. The quantitative estimate of drug-likeness (QED) is 0.561. The summed E-state index contributed by atoms with van der Waals surface area (Å²) in [6.07, 6.45) is -1.60. The number of hydrogen-bond acceptors (Lipinski definition) is 4. The summed E-state index contributed by atoms with van der Waals surface area (Å²) in [4.78, 5) is 24.6. The number of imide groups is 1. The number of ether oxygens (including phenoxy) is 1. The van der Waals surface area contributed by atoms with Crippen LogP contribution in [0.4, 0.5) is 0 Å². The van der Waals surface area contributed by atoms with Gasteiger partial charge in [0.1, 0.15) is 6.10 Å². The van der Waals surface area contributed by atoms with Gasteiger partial charge in [-0.2, -0.15) is 0 Å². The molecule has 1 aromatic carbocycles. The first-order valence-corrected chi connectivity index (χ1v) is 4.97. The fraction of sp³-hybridized carbons (Fsp3) is 0.273. The number of carbonyl (C=O) groups excluding carboxylic acids is 2. The number of nitrogens with zero attached hydrogens (tertiary/aromatic N) is 1. The van der Waals surface area contributed by atoms with Gasteiger partial charge >= 0.3 is 0 Å². The number of hydrogen-bond donors (Lipinski definition) is 1. The first-order chi connectivity index (χ1) is 7.70. The Morgan fingerprint density at radius 1 is 1.25 bits per heavy atom. The van der Waals surface area contributed by atoms with Crippen LogP contribution in [0.15, 0.2) is 24.3 Å². The van der Waals surface area contributed by atoms with Crippen LogP contribution in [0.5, 0.6) is 0 Å². The van der Waals surface area contributed by atoms with Crippen molar-refractivity contribution in [1.29, 1.82) is 0 Å². The van der Waals surface area contributed by atoms with Crippen LogP contribution in [-0.2, 0) is 4.74 Å². The van der Waals surface area contributed by atoms with Crippen molar-refractivity contribution in [1.82, 2.24) is 4.90 Å². The Kier molecular flexibility index (Phi) is 1.86. The second-order valence-electron chi connectivity index (χ2n) is 3.81. The van der Waals surface area contributed by atoms with Crippen molar-refractivity contribution in [2.45, 2.75) is 12.3 Å². The highest BCUT2D eigenvalue weighted by Crippen LogP contribution is 2.27. The number of fused-ring (bicyclic) bond motifs is 1. The Hall–Kier alpha value is -1.72. The highest BCUT2D eigenvalue weighted by atomic mass is 16.6. The second-order valence-corrected chi connectivity index (χ2v) is 3.81. The monoisotopic (exact) mass is 219 g/mol. The molecule has 0 bridgehead atoms. The number of benzene rings is 1. The molecule has 5 nitrogen and oxygen atoms in total. The highest BCUT2D eigenvalue weighted by Gasteiger charge is 2.45. The van der Waals surface area contributed by atoms with E-state index >= 15 is 0 Å². The molecule has 2 atom stereocenters. The Morgan fingerprint density at radius 3 is 2.19 bits per heavy atom. The van der Waals surface area contributed by atoms with E-state index in [1.165, 1.54) is 0 Å². The Bertz CT molecular complexity index is 446. The summed E-state index contributed by atoms with van der Waals surface area (Å²) in [7, 11) is 0. The van der Waals surface area contributed by atoms with Crippen molar-refractivity contribution in [3.05, 3.63) is 35.4 Å². The summed E-state index contributed by atoms with van der Waals surface area (Å²) < 4.78 is 4.88. The molecule has 2 heterocycles. The molecule has 16 heavy (non-hydrogen) atoms. The molecule has 0 spiro atoms. The lowest BCUT2D eigenvalue weighted by Crippen LogP contribution is -2.43. The van der Waals surface area contributed by atoms with Crippen LogP contribution in [0.3, 0.4) is 0 Å². The van der Waals surface area contributed by atoms with E-state index in [0.29, 0.717) is 17.7 Å². The molecule has 2 aliphatic heterocycles. The van der Waals surface area contributed by atoms with Gasteiger partial charge in [-0.25, -0.2) is 4.90 Å². The summed E-state index contributed by atoms with van der Waals surface area (Å²) >= 11 is 0. The SMILES string of the molecule is O=C1c2ccccc2C(=O)N1[C@H](O)[C@H]1CO1. The van der Waals surface area contributed by atoms with Crippen LogP contribution >= 0.6 is 0 Å². The summed E-state index contributed by atoms with van der Waals surface area (Å²) in [6.45, 7) is 0.384. The number of epoxide rings is 1. The second kappa shape index (κ2) is 3.13. The minimum atomic E-state index is -1.17. The largest absolute Gasteiger partial charge is 0.370 e. The minimum absolute atomic E-state index is 0.340. The normalized spacial score (nSPS) is 24.6. The lowest BCUT2D eigenvalue weighted by molar-refractivity contribution is 0.00199. The maximum atomic E-state index is 11.9. The molecule has 1 saturated heterocycles. The van der Waals surface area contributed by atoms with E-state index in [2.05, 4.69) is 0 Å². The van der Waals surface area contributed by atoms with E-state index in [1.54, 1.807) is 24.3 Å². The molecule has 0 saturated carbocycles. The fourth-order valence-electron chi connectivity index (χ4n) is 1.84. The predicted octanol–water partition coefficient (Wildman–Crippen LogP) is -0.000200. The van der Waals surface area contributed by atoms with Crippen LogP contribution in [0.1, 0.15) is 20.7 Å². The summed E-state index contributed by atoms with van der Waals surface area (Å²) in [5.74, 6) is -0.910. The molecule has 0 aromatic heterocycles. The van der Waals surface area contributed by atoms with Gasteiger partial charge in [0.15, 0.2) is 6.23 Å². The van der Waals surface area contributed by atoms with Gasteiger partial charge in [-0.1, -0.05) is 12.1 Å². The molecule has 5 heteroatoms. The summed E-state index contributed by atoms with van der Waals surface area (Å²) in [5.41, 5.74) is 0.680. The molecule has 0 aliphatic carbocycles. The Balaban J connectivity index is 2.00. The molecule has 2 aliphatic rings. The van der Waals surface area contributed by atoms with Crippen molar-refractivity contribution in [2.75, 3.05) is 6.61 Å². The third-order valence-electron chi connectivity index (χ3n) is 2.78. The van der Waals surface area contributed by atoms with Gasteiger partial charge in [-0.05, 0) is 12.1 Å². The average molecular weight is 219 g/mol. The molecule has 3 rings (SSSR count). The van der Waals surface area contributed by atoms with E-state index in [-0.39, 0.29) is 0 Å². The minimum Gasteiger partial charge on any atom is -0.370 e. The zero-order valence-corrected chi connectivity index (χ0v) is 8.29. The fourth-order valence-corrected chi connectivity index (χ4v) is 1.84. The van der Waals surface area contributed by atoms with E-state index in [1.807, 2.05) is 0 Å². The van der Waals surface area contributed by atoms with E-state index in [4.69, 9.17) is 4.74 Å². The maximum Gasteiger partial charge on any atom is 0.263 e. The molecule has 1 fully saturated rings. The van der Waals surface area contributed by atoms with Gasteiger partial charge in [0.2, 0.25) is 0 Å². The van der Waals surface area contributed by atoms with Crippen LogP contribution in [0.2, 0.25) is 0 Å². The molecule has 1 aromatic rings. The lowest BCUT2D eigenvalue weighted by atomic mass is 10.1. The highest BCUT2D eigenvalue weighted by molar-refractivity contribution is 6.21. The maximum absolute atomic E-state index is 11.9. The average Bonchev–Trinajstić information content (AvgIpc) is 3.09. The molecule has 82 valence electrons. The Morgan fingerprint density at radius 2 is 1.75 bits per heavy atom. The zero-order chi connectivity index (χ0) is 11.3. The Labute approximate surface area is 91.2 Å². The molecule has 1 N–H and O–H groups in total. The summed E-state index contributed by atoms with van der Waals surface area (Å²) in [5, 5.41) is 9.76. The van der Waals surface area contributed by atoms with E-state index in [0.717, 1.165) is 4.90 Å². The van der Waals surface area contributed by atoms with Gasteiger partial charge in [0, 0.05) is 0 Å².